The number of morpholine rings is 1. The van der Waals surface area contributed by atoms with Crippen molar-refractivity contribution in [3.63, 3.8) is 0 Å². The Morgan fingerprint density at radius 1 is 1.03 bits per heavy atom. The van der Waals surface area contributed by atoms with Crippen molar-refractivity contribution in [2.24, 2.45) is 0 Å². The SMILES string of the molecule is C=C(c1c(C)c(C(=O)OC(C)C)cc2cc(-c3ccc(OC)c(OC)c3)cn12)N1CCOCC1. The predicted octanol–water partition coefficient (Wildman–Crippen LogP) is 4.80. The van der Waals surface area contributed by atoms with E-state index < -0.39 is 0 Å². The quantitative estimate of drug-likeness (QED) is 0.468. The third-order valence-corrected chi connectivity index (χ3v) is 6.09. The first-order valence-corrected chi connectivity index (χ1v) is 11.4. The summed E-state index contributed by atoms with van der Waals surface area (Å²) in [6, 6.07) is 9.78. The summed E-state index contributed by atoms with van der Waals surface area (Å²) in [5.41, 5.74) is 5.99. The second kappa shape index (κ2) is 9.81. The van der Waals surface area contributed by atoms with Gasteiger partial charge in [0.1, 0.15) is 0 Å². The molecule has 7 nitrogen and oxygen atoms in total. The van der Waals surface area contributed by atoms with Gasteiger partial charge in [0.2, 0.25) is 0 Å². The fourth-order valence-corrected chi connectivity index (χ4v) is 4.35. The van der Waals surface area contributed by atoms with Crippen molar-refractivity contribution in [3.05, 3.63) is 59.9 Å². The molecule has 0 radical (unpaired) electrons. The summed E-state index contributed by atoms with van der Waals surface area (Å²) in [6.07, 6.45) is 1.87. The number of benzene rings is 1. The van der Waals surface area contributed by atoms with Gasteiger partial charge in [-0.3, -0.25) is 0 Å². The van der Waals surface area contributed by atoms with E-state index in [0.29, 0.717) is 30.3 Å². The molecule has 0 bridgehead atoms. The van der Waals surface area contributed by atoms with Crippen LogP contribution in [-0.4, -0.2) is 61.9 Å². The van der Waals surface area contributed by atoms with Crippen LogP contribution in [0.4, 0.5) is 0 Å². The van der Waals surface area contributed by atoms with Gasteiger partial charge in [0, 0.05) is 30.4 Å². The van der Waals surface area contributed by atoms with Crippen LogP contribution in [0.5, 0.6) is 11.5 Å². The first-order chi connectivity index (χ1) is 16.3. The molecule has 180 valence electrons. The van der Waals surface area contributed by atoms with Crippen molar-refractivity contribution in [2.75, 3.05) is 40.5 Å². The molecule has 4 rings (SSSR count). The largest absolute Gasteiger partial charge is 0.493 e. The van der Waals surface area contributed by atoms with Crippen molar-refractivity contribution in [1.82, 2.24) is 9.30 Å². The minimum Gasteiger partial charge on any atom is -0.493 e. The fourth-order valence-electron chi connectivity index (χ4n) is 4.35. The third kappa shape index (κ3) is 4.48. The molecule has 1 aromatic carbocycles. The van der Waals surface area contributed by atoms with Gasteiger partial charge in [-0.15, -0.1) is 0 Å². The molecule has 0 amide bonds. The van der Waals surface area contributed by atoms with Gasteiger partial charge in [-0.1, -0.05) is 12.6 Å². The average molecular weight is 465 g/mol. The molecule has 1 fully saturated rings. The summed E-state index contributed by atoms with van der Waals surface area (Å²) in [6.45, 7) is 12.9. The summed E-state index contributed by atoms with van der Waals surface area (Å²) in [4.78, 5) is 15.2. The Morgan fingerprint density at radius 2 is 1.74 bits per heavy atom. The van der Waals surface area contributed by atoms with Crippen LogP contribution in [0, 0.1) is 6.92 Å². The lowest BCUT2D eigenvalue weighted by molar-refractivity contribution is 0.0377. The number of carbonyl (C=O) groups excluding carboxylic acids is 1. The molecule has 7 heteroatoms. The zero-order valence-electron chi connectivity index (χ0n) is 20.5. The van der Waals surface area contributed by atoms with Crippen LogP contribution in [0.15, 0.2) is 43.1 Å². The molecule has 0 unspecified atom stereocenters. The Labute approximate surface area is 200 Å². The lowest BCUT2D eigenvalue weighted by Gasteiger charge is -2.31. The zero-order chi connectivity index (χ0) is 24.4. The highest BCUT2D eigenvalue weighted by molar-refractivity contribution is 5.94. The van der Waals surface area contributed by atoms with Gasteiger partial charge in [-0.2, -0.15) is 0 Å². The highest BCUT2D eigenvalue weighted by atomic mass is 16.5. The molecule has 3 aromatic rings. The highest BCUT2D eigenvalue weighted by Crippen LogP contribution is 2.35. The van der Waals surface area contributed by atoms with E-state index in [1.807, 2.05) is 45.0 Å². The number of rotatable bonds is 7. The van der Waals surface area contributed by atoms with Gasteiger partial charge in [-0.25, -0.2) is 4.79 Å². The van der Waals surface area contributed by atoms with Gasteiger partial charge in [0.05, 0.1) is 50.5 Å². The molecule has 0 aliphatic carbocycles. The Balaban J connectivity index is 1.88. The van der Waals surface area contributed by atoms with E-state index in [0.717, 1.165) is 46.7 Å². The number of carbonyl (C=O) groups is 1. The number of pyridine rings is 1. The lowest BCUT2D eigenvalue weighted by atomic mass is 10.0. The molecular weight excluding hydrogens is 432 g/mol. The topological polar surface area (TPSA) is 61.6 Å². The third-order valence-electron chi connectivity index (χ3n) is 6.09. The maximum atomic E-state index is 13.0. The van der Waals surface area contributed by atoms with Gasteiger partial charge >= 0.3 is 5.97 Å². The van der Waals surface area contributed by atoms with Crippen molar-refractivity contribution in [1.29, 1.82) is 0 Å². The van der Waals surface area contributed by atoms with Gasteiger partial charge in [-0.05, 0) is 56.2 Å². The summed E-state index contributed by atoms with van der Waals surface area (Å²) in [5, 5.41) is 0. The van der Waals surface area contributed by atoms with Crippen molar-refractivity contribution >= 4 is 17.2 Å². The number of hydrogen-bond donors (Lipinski definition) is 0. The van der Waals surface area contributed by atoms with E-state index in [1.165, 1.54) is 0 Å². The highest BCUT2D eigenvalue weighted by Gasteiger charge is 2.23. The van der Waals surface area contributed by atoms with E-state index in [1.54, 1.807) is 14.2 Å². The summed E-state index contributed by atoms with van der Waals surface area (Å²) < 4.78 is 24.1. The first-order valence-electron chi connectivity index (χ1n) is 11.4. The minimum atomic E-state index is -0.333. The summed E-state index contributed by atoms with van der Waals surface area (Å²) in [5.74, 6) is 0.997. The Morgan fingerprint density at radius 3 is 2.38 bits per heavy atom. The van der Waals surface area contributed by atoms with E-state index in [-0.39, 0.29) is 12.1 Å². The lowest BCUT2D eigenvalue weighted by Crippen LogP contribution is -2.35. The molecule has 1 aliphatic heterocycles. The number of methoxy groups -OCH3 is 2. The Hall–Kier alpha value is -3.45. The molecule has 0 spiro atoms. The molecule has 0 N–H and O–H groups in total. The van der Waals surface area contributed by atoms with Gasteiger partial charge in [0.15, 0.2) is 11.5 Å². The van der Waals surface area contributed by atoms with Crippen molar-refractivity contribution in [3.8, 4) is 22.6 Å². The normalized spacial score (nSPS) is 13.9. The number of hydrogen-bond acceptors (Lipinski definition) is 6. The number of esters is 1. The van der Waals surface area contributed by atoms with Crippen molar-refractivity contribution < 1.29 is 23.7 Å². The van der Waals surface area contributed by atoms with Crippen LogP contribution in [0.1, 0.15) is 35.5 Å². The van der Waals surface area contributed by atoms with E-state index in [9.17, 15) is 4.79 Å². The van der Waals surface area contributed by atoms with Gasteiger partial charge in [0.25, 0.3) is 0 Å². The summed E-state index contributed by atoms with van der Waals surface area (Å²) >= 11 is 0. The molecule has 2 aromatic heterocycles. The Bertz CT molecular complexity index is 1220. The smallest absolute Gasteiger partial charge is 0.338 e. The van der Waals surface area contributed by atoms with Crippen LogP contribution in [0.25, 0.3) is 22.3 Å². The average Bonchev–Trinajstić information content (AvgIpc) is 3.26. The van der Waals surface area contributed by atoms with E-state index >= 15 is 0 Å². The molecule has 0 saturated carbocycles. The monoisotopic (exact) mass is 464 g/mol. The number of fused-ring (bicyclic) bond motifs is 1. The second-order valence-electron chi connectivity index (χ2n) is 8.63. The van der Waals surface area contributed by atoms with Crippen molar-refractivity contribution in [2.45, 2.75) is 26.9 Å². The number of aromatic nitrogens is 1. The number of ether oxygens (including phenoxy) is 4. The standard InChI is InChI=1S/C27H32N2O5/c1-17(2)34-27(30)23-15-22-13-21(20-7-8-24(31-5)25(14-20)32-6)16-29(22)26(18(23)3)19(4)28-9-11-33-12-10-28/h7-8,13-17H,4,9-12H2,1-3,5-6H3. The molecule has 34 heavy (non-hydrogen) atoms. The van der Waals surface area contributed by atoms with Crippen LogP contribution < -0.4 is 9.47 Å². The Kier molecular flexibility index (Phi) is 6.84. The van der Waals surface area contributed by atoms with Crippen LogP contribution >= 0.6 is 0 Å². The molecule has 1 saturated heterocycles. The predicted molar refractivity (Wildman–Crippen MR) is 133 cm³/mol. The number of nitrogens with zero attached hydrogens (tertiary/aromatic N) is 2. The zero-order valence-corrected chi connectivity index (χ0v) is 20.5. The fraction of sp³-hybridized carbons (Fsp3) is 0.370. The second-order valence-corrected chi connectivity index (χ2v) is 8.63. The molecule has 0 atom stereocenters. The maximum absolute atomic E-state index is 13.0. The van der Waals surface area contributed by atoms with E-state index in [2.05, 4.69) is 28.1 Å². The van der Waals surface area contributed by atoms with Crippen LogP contribution in [0.2, 0.25) is 0 Å². The van der Waals surface area contributed by atoms with Crippen LogP contribution in [-0.2, 0) is 9.47 Å². The molecule has 3 heterocycles. The molecule has 1 aliphatic rings. The summed E-state index contributed by atoms with van der Waals surface area (Å²) in [7, 11) is 3.24. The van der Waals surface area contributed by atoms with Crippen LogP contribution in [0.3, 0.4) is 0 Å². The minimum absolute atomic E-state index is 0.205. The van der Waals surface area contributed by atoms with Gasteiger partial charge < -0.3 is 28.2 Å². The molecular formula is C27H32N2O5. The maximum Gasteiger partial charge on any atom is 0.338 e. The van der Waals surface area contributed by atoms with E-state index in [4.69, 9.17) is 18.9 Å². The first kappa shape index (κ1) is 23.7.